The van der Waals surface area contributed by atoms with Crippen molar-refractivity contribution in [1.82, 2.24) is 14.5 Å². The van der Waals surface area contributed by atoms with Crippen molar-refractivity contribution in [2.24, 2.45) is 0 Å². The maximum Gasteiger partial charge on any atom is 0.136 e. The van der Waals surface area contributed by atoms with Gasteiger partial charge in [-0.05, 0) is 25.0 Å². The minimum atomic E-state index is 0.540. The summed E-state index contributed by atoms with van der Waals surface area (Å²) in [5.74, 6) is 0.955. The average molecular weight is 248 g/mol. The number of hydrogen-bond donors (Lipinski definition) is 0. The lowest BCUT2D eigenvalue weighted by Gasteiger charge is -2.07. The first-order valence-corrected chi connectivity index (χ1v) is 5.91. The van der Waals surface area contributed by atoms with Gasteiger partial charge in [0.1, 0.15) is 11.0 Å². The van der Waals surface area contributed by atoms with Gasteiger partial charge < -0.3 is 4.57 Å². The van der Waals surface area contributed by atoms with Gasteiger partial charge in [-0.1, -0.05) is 24.6 Å². The molecule has 0 aliphatic rings. The average Bonchev–Trinajstić information content (AvgIpc) is 2.73. The third-order valence-corrected chi connectivity index (χ3v) is 2.94. The number of allylic oxidation sites excluding steroid dienone is 1. The molecule has 0 N–H and O–H groups in total. The van der Waals surface area contributed by atoms with Crippen molar-refractivity contribution in [3.05, 3.63) is 47.3 Å². The summed E-state index contributed by atoms with van der Waals surface area (Å²) in [5.41, 5.74) is 2.12. The molecule has 2 aromatic rings. The van der Waals surface area contributed by atoms with Crippen LogP contribution in [0, 0.1) is 6.92 Å². The minimum absolute atomic E-state index is 0.540. The number of halogens is 1. The molecule has 2 heterocycles. The van der Waals surface area contributed by atoms with E-state index in [0.717, 1.165) is 23.4 Å². The highest BCUT2D eigenvalue weighted by Crippen LogP contribution is 2.24. The summed E-state index contributed by atoms with van der Waals surface area (Å²) in [6.45, 7) is 4.07. The fourth-order valence-electron chi connectivity index (χ4n) is 1.67. The third-order valence-electron chi connectivity index (χ3n) is 2.64. The van der Waals surface area contributed by atoms with Gasteiger partial charge in [-0.15, -0.1) is 0 Å². The number of pyridine rings is 1. The van der Waals surface area contributed by atoms with Gasteiger partial charge in [0.15, 0.2) is 0 Å². The van der Waals surface area contributed by atoms with Gasteiger partial charge in [-0.25, -0.2) is 9.97 Å². The van der Waals surface area contributed by atoms with Gasteiger partial charge in [0.05, 0.1) is 0 Å². The van der Waals surface area contributed by atoms with E-state index in [0.29, 0.717) is 5.15 Å². The molecule has 4 heteroatoms. The fraction of sp³-hybridized carbons (Fsp3) is 0.231. The Morgan fingerprint density at radius 3 is 2.82 bits per heavy atom. The highest BCUT2D eigenvalue weighted by Gasteiger charge is 2.05. The Morgan fingerprint density at radius 1 is 1.41 bits per heavy atom. The summed E-state index contributed by atoms with van der Waals surface area (Å²) in [6.07, 6.45) is 8.34. The van der Waals surface area contributed by atoms with Crippen molar-refractivity contribution in [2.75, 3.05) is 0 Å². The first kappa shape index (κ1) is 11.9. The largest absolute Gasteiger partial charge is 0.311 e. The SMILES string of the molecule is CC/C(=C\n1ccnc1C)c1cccnc1Cl. The predicted octanol–water partition coefficient (Wildman–Crippen LogP) is 3.65. The van der Waals surface area contributed by atoms with Crippen LogP contribution in [-0.4, -0.2) is 14.5 Å². The standard InChI is InChI=1S/C13H14ClN3/c1-3-11(9-17-8-7-15-10(17)2)12-5-4-6-16-13(12)14/h4-9H,3H2,1-2H3/b11-9+. The molecule has 0 fully saturated rings. The van der Waals surface area contributed by atoms with E-state index >= 15 is 0 Å². The molecule has 0 aliphatic heterocycles. The van der Waals surface area contributed by atoms with Crippen LogP contribution in [-0.2, 0) is 0 Å². The number of hydrogen-bond acceptors (Lipinski definition) is 2. The summed E-state index contributed by atoms with van der Waals surface area (Å²) in [6, 6.07) is 3.88. The molecule has 0 amide bonds. The van der Waals surface area contributed by atoms with Crippen LogP contribution in [0.5, 0.6) is 0 Å². The molecule has 0 bridgehead atoms. The van der Waals surface area contributed by atoms with Gasteiger partial charge in [-0.2, -0.15) is 0 Å². The Morgan fingerprint density at radius 2 is 2.24 bits per heavy atom. The molecule has 0 spiro atoms. The van der Waals surface area contributed by atoms with E-state index in [2.05, 4.69) is 16.9 Å². The Labute approximate surface area is 106 Å². The lowest BCUT2D eigenvalue weighted by molar-refractivity contribution is 1.02. The van der Waals surface area contributed by atoms with Crippen molar-refractivity contribution < 1.29 is 0 Å². The number of imidazole rings is 1. The number of aryl methyl sites for hydroxylation is 1. The second-order valence-electron chi connectivity index (χ2n) is 3.73. The molecule has 2 rings (SSSR count). The lowest BCUT2D eigenvalue weighted by Crippen LogP contribution is -1.93. The van der Waals surface area contributed by atoms with Crippen LogP contribution in [0.2, 0.25) is 5.15 Å². The van der Waals surface area contributed by atoms with Crippen LogP contribution < -0.4 is 0 Å². The van der Waals surface area contributed by atoms with Crippen molar-refractivity contribution >= 4 is 23.4 Å². The quantitative estimate of drug-likeness (QED) is 0.776. The summed E-state index contributed by atoms with van der Waals surface area (Å²) >= 11 is 6.10. The molecule has 0 radical (unpaired) electrons. The van der Waals surface area contributed by atoms with E-state index in [4.69, 9.17) is 11.6 Å². The zero-order valence-electron chi connectivity index (χ0n) is 9.89. The first-order chi connectivity index (χ1) is 8.22. The highest BCUT2D eigenvalue weighted by molar-refractivity contribution is 6.31. The zero-order chi connectivity index (χ0) is 12.3. The van der Waals surface area contributed by atoms with Crippen LogP contribution >= 0.6 is 11.6 Å². The van der Waals surface area contributed by atoms with Gasteiger partial charge in [0.2, 0.25) is 0 Å². The molecule has 17 heavy (non-hydrogen) atoms. The molecular formula is C13H14ClN3. The predicted molar refractivity (Wildman–Crippen MR) is 70.7 cm³/mol. The molecule has 2 aromatic heterocycles. The first-order valence-electron chi connectivity index (χ1n) is 5.53. The number of rotatable bonds is 3. The van der Waals surface area contributed by atoms with Crippen LogP contribution in [0.3, 0.4) is 0 Å². The Bertz CT molecular complexity index is 543. The third kappa shape index (κ3) is 2.56. The molecule has 88 valence electrons. The van der Waals surface area contributed by atoms with E-state index in [1.807, 2.05) is 36.0 Å². The molecule has 3 nitrogen and oxygen atoms in total. The molecule has 0 atom stereocenters. The van der Waals surface area contributed by atoms with Crippen molar-refractivity contribution in [1.29, 1.82) is 0 Å². The van der Waals surface area contributed by atoms with E-state index in [1.165, 1.54) is 0 Å². The molecular weight excluding hydrogens is 234 g/mol. The van der Waals surface area contributed by atoms with E-state index in [1.54, 1.807) is 12.4 Å². The molecule has 0 unspecified atom stereocenters. The van der Waals surface area contributed by atoms with Crippen LogP contribution in [0.4, 0.5) is 0 Å². The molecule has 0 saturated carbocycles. The maximum absolute atomic E-state index is 6.10. The minimum Gasteiger partial charge on any atom is -0.311 e. The molecule has 0 aromatic carbocycles. The second-order valence-corrected chi connectivity index (χ2v) is 4.09. The molecule has 0 aliphatic carbocycles. The van der Waals surface area contributed by atoms with E-state index in [9.17, 15) is 0 Å². The summed E-state index contributed by atoms with van der Waals surface area (Å²) < 4.78 is 1.99. The Kier molecular flexibility index (Phi) is 3.59. The molecule has 0 saturated heterocycles. The van der Waals surface area contributed by atoms with Crippen LogP contribution in [0.25, 0.3) is 11.8 Å². The monoisotopic (exact) mass is 247 g/mol. The van der Waals surface area contributed by atoms with E-state index in [-0.39, 0.29) is 0 Å². The van der Waals surface area contributed by atoms with Crippen molar-refractivity contribution in [3.63, 3.8) is 0 Å². The Hall–Kier alpha value is -1.61. The number of aromatic nitrogens is 3. The van der Waals surface area contributed by atoms with Crippen LogP contribution in [0.1, 0.15) is 24.7 Å². The number of nitrogens with zero attached hydrogens (tertiary/aromatic N) is 3. The van der Waals surface area contributed by atoms with Gasteiger partial charge in [0, 0.05) is 30.4 Å². The maximum atomic E-state index is 6.10. The van der Waals surface area contributed by atoms with Crippen LogP contribution in [0.15, 0.2) is 30.7 Å². The highest BCUT2D eigenvalue weighted by atomic mass is 35.5. The van der Waals surface area contributed by atoms with Gasteiger partial charge in [-0.3, -0.25) is 0 Å². The summed E-state index contributed by atoms with van der Waals surface area (Å²) in [5, 5.41) is 0.540. The van der Waals surface area contributed by atoms with Gasteiger partial charge in [0.25, 0.3) is 0 Å². The summed E-state index contributed by atoms with van der Waals surface area (Å²) in [7, 11) is 0. The zero-order valence-corrected chi connectivity index (χ0v) is 10.6. The van der Waals surface area contributed by atoms with Gasteiger partial charge >= 0.3 is 0 Å². The van der Waals surface area contributed by atoms with Crippen molar-refractivity contribution in [3.8, 4) is 0 Å². The smallest absolute Gasteiger partial charge is 0.136 e. The Balaban J connectivity index is 2.44. The lowest BCUT2D eigenvalue weighted by atomic mass is 10.1. The van der Waals surface area contributed by atoms with E-state index < -0.39 is 0 Å². The fourth-order valence-corrected chi connectivity index (χ4v) is 1.91. The second kappa shape index (κ2) is 5.15. The normalized spacial score (nSPS) is 11.8. The summed E-state index contributed by atoms with van der Waals surface area (Å²) in [4.78, 5) is 8.29. The van der Waals surface area contributed by atoms with Crippen molar-refractivity contribution in [2.45, 2.75) is 20.3 Å². The topological polar surface area (TPSA) is 30.7 Å².